The van der Waals surface area contributed by atoms with Crippen LogP contribution in [0.4, 0.5) is 0 Å². The van der Waals surface area contributed by atoms with Gasteiger partial charge in [-0.05, 0) is 0 Å². The molecule has 0 unspecified atom stereocenters. The molecular formula is C10H13BiO. The summed E-state index contributed by atoms with van der Waals surface area (Å²) in [5.74, 6) is 1.75. The zero-order valence-corrected chi connectivity index (χ0v) is 10.9. The minimum atomic E-state index is 0.694. The van der Waals surface area contributed by atoms with Crippen molar-refractivity contribution in [2.24, 2.45) is 5.92 Å². The third-order valence-corrected chi connectivity index (χ3v) is 2.46. The van der Waals surface area contributed by atoms with Gasteiger partial charge in [0.1, 0.15) is 0 Å². The van der Waals surface area contributed by atoms with Gasteiger partial charge in [0.15, 0.2) is 0 Å². The van der Waals surface area contributed by atoms with Crippen LogP contribution in [0, 0.1) is 5.92 Å². The minimum absolute atomic E-state index is 0.694. The second-order valence-electron chi connectivity index (χ2n) is 3.30. The molecule has 1 nitrogen and oxygen atoms in total. The first-order chi connectivity index (χ1) is 5.74. The Morgan fingerprint density at radius 2 is 2.00 bits per heavy atom. The predicted octanol–water partition coefficient (Wildman–Crippen LogP) is 2.35. The van der Waals surface area contributed by atoms with Gasteiger partial charge < -0.3 is 0 Å². The zero-order chi connectivity index (χ0) is 8.97. The van der Waals surface area contributed by atoms with Gasteiger partial charge in [0.2, 0.25) is 0 Å². The summed E-state index contributed by atoms with van der Waals surface area (Å²) in [5, 5.41) is 0. The van der Waals surface area contributed by atoms with Gasteiger partial charge in [0.05, 0.1) is 0 Å². The zero-order valence-electron chi connectivity index (χ0n) is 7.45. The molecule has 0 aliphatic carbocycles. The van der Waals surface area contributed by atoms with E-state index in [0.717, 1.165) is 37.3 Å². The first kappa shape index (κ1) is 9.99. The number of benzene rings is 1. The first-order valence-electron chi connectivity index (χ1n) is 4.13. The number of para-hydroxylation sites is 1. The van der Waals surface area contributed by atoms with Gasteiger partial charge >= 0.3 is 89.7 Å². The SMILES string of the molecule is CC(C)Cc1ccccc1[O][Bi]. The van der Waals surface area contributed by atoms with E-state index in [0.29, 0.717) is 5.92 Å². The van der Waals surface area contributed by atoms with Crippen LogP contribution in [0.5, 0.6) is 5.75 Å². The number of rotatable bonds is 3. The molecule has 0 spiro atoms. The molecule has 0 aliphatic rings. The molecule has 0 saturated heterocycles. The van der Waals surface area contributed by atoms with E-state index in [1.807, 2.05) is 12.1 Å². The fourth-order valence-electron chi connectivity index (χ4n) is 1.20. The monoisotopic (exact) mass is 358 g/mol. The fraction of sp³-hybridized carbons (Fsp3) is 0.400. The summed E-state index contributed by atoms with van der Waals surface area (Å²) in [6.07, 6.45) is 1.11. The maximum absolute atomic E-state index is 5.36. The third-order valence-electron chi connectivity index (χ3n) is 1.70. The topological polar surface area (TPSA) is 9.23 Å². The molecular weight excluding hydrogens is 345 g/mol. The molecule has 0 amide bonds. The summed E-state index contributed by atoms with van der Waals surface area (Å²) in [5.41, 5.74) is 1.33. The summed E-state index contributed by atoms with van der Waals surface area (Å²) >= 11 is 0.965. The van der Waals surface area contributed by atoms with E-state index in [-0.39, 0.29) is 0 Å². The van der Waals surface area contributed by atoms with E-state index in [1.165, 1.54) is 5.56 Å². The molecule has 0 aromatic heterocycles. The van der Waals surface area contributed by atoms with Crippen molar-refractivity contribution in [1.29, 1.82) is 0 Å². The summed E-state index contributed by atoms with van der Waals surface area (Å²) in [6.45, 7) is 4.45. The van der Waals surface area contributed by atoms with Crippen molar-refractivity contribution in [2.75, 3.05) is 0 Å². The summed E-state index contributed by atoms with van der Waals surface area (Å²) in [7, 11) is 0. The van der Waals surface area contributed by atoms with Gasteiger partial charge in [-0.3, -0.25) is 0 Å². The van der Waals surface area contributed by atoms with Crippen LogP contribution in [0.25, 0.3) is 0 Å². The Bertz CT molecular complexity index is 245. The van der Waals surface area contributed by atoms with E-state index in [4.69, 9.17) is 2.81 Å². The van der Waals surface area contributed by atoms with E-state index in [1.54, 1.807) is 0 Å². The molecule has 0 atom stereocenters. The van der Waals surface area contributed by atoms with Crippen LogP contribution in [0.1, 0.15) is 19.4 Å². The molecule has 2 heteroatoms. The van der Waals surface area contributed by atoms with Crippen LogP contribution in [0.2, 0.25) is 0 Å². The van der Waals surface area contributed by atoms with Crippen LogP contribution in [0.3, 0.4) is 0 Å². The van der Waals surface area contributed by atoms with Crippen LogP contribution in [0.15, 0.2) is 24.3 Å². The Balaban J connectivity index is 2.82. The van der Waals surface area contributed by atoms with E-state index in [2.05, 4.69) is 26.0 Å². The Morgan fingerprint density at radius 3 is 2.58 bits per heavy atom. The Morgan fingerprint density at radius 1 is 1.33 bits per heavy atom. The molecule has 1 aromatic rings. The molecule has 1 rings (SSSR count). The summed E-state index contributed by atoms with van der Waals surface area (Å²) in [4.78, 5) is 0. The van der Waals surface area contributed by atoms with Crippen molar-refractivity contribution in [2.45, 2.75) is 20.3 Å². The fourth-order valence-corrected chi connectivity index (χ4v) is 1.89. The van der Waals surface area contributed by atoms with Crippen molar-refractivity contribution in [3.05, 3.63) is 29.8 Å². The van der Waals surface area contributed by atoms with Crippen molar-refractivity contribution >= 4 is 25.2 Å². The molecule has 12 heavy (non-hydrogen) atoms. The number of hydrogen-bond donors (Lipinski definition) is 0. The Labute approximate surface area is 89.6 Å². The Kier molecular flexibility index (Phi) is 4.01. The quantitative estimate of drug-likeness (QED) is 0.754. The molecule has 0 bridgehead atoms. The molecule has 0 N–H and O–H groups in total. The van der Waals surface area contributed by atoms with Crippen LogP contribution in [-0.2, 0) is 6.42 Å². The van der Waals surface area contributed by atoms with Gasteiger partial charge in [-0.1, -0.05) is 0 Å². The molecule has 0 aliphatic heterocycles. The first-order valence-corrected chi connectivity index (χ1v) is 5.55. The third kappa shape index (κ3) is 2.75. The summed E-state index contributed by atoms with van der Waals surface area (Å²) in [6, 6.07) is 8.27. The second kappa shape index (κ2) is 4.81. The summed E-state index contributed by atoms with van der Waals surface area (Å²) < 4.78 is 5.36. The van der Waals surface area contributed by atoms with Gasteiger partial charge in [-0.25, -0.2) is 0 Å². The van der Waals surface area contributed by atoms with Crippen molar-refractivity contribution < 1.29 is 2.81 Å². The molecule has 64 valence electrons. The van der Waals surface area contributed by atoms with Gasteiger partial charge in [-0.2, -0.15) is 0 Å². The molecule has 0 saturated carbocycles. The van der Waals surface area contributed by atoms with E-state index >= 15 is 0 Å². The molecule has 0 heterocycles. The van der Waals surface area contributed by atoms with Crippen molar-refractivity contribution in [3.63, 3.8) is 0 Å². The van der Waals surface area contributed by atoms with Crippen LogP contribution >= 0.6 is 0 Å². The average molecular weight is 358 g/mol. The average Bonchev–Trinajstić information content (AvgIpc) is 2.04. The standard InChI is InChI=1S/C10H14O.Bi/c1-8(2)7-9-5-3-4-6-10(9)11;/h3-6,8,11H,7H2,1-2H3;/q;+1/p-1. The second-order valence-corrected chi connectivity index (χ2v) is 4.01. The van der Waals surface area contributed by atoms with Gasteiger partial charge in [-0.15, -0.1) is 0 Å². The van der Waals surface area contributed by atoms with E-state index < -0.39 is 0 Å². The molecule has 0 fully saturated rings. The van der Waals surface area contributed by atoms with Crippen molar-refractivity contribution in [3.8, 4) is 5.75 Å². The van der Waals surface area contributed by atoms with Gasteiger partial charge in [0, 0.05) is 0 Å². The van der Waals surface area contributed by atoms with Crippen LogP contribution in [-0.4, -0.2) is 25.2 Å². The normalized spacial score (nSPS) is 10.3. The van der Waals surface area contributed by atoms with Crippen LogP contribution < -0.4 is 2.81 Å². The van der Waals surface area contributed by atoms with Gasteiger partial charge in [0.25, 0.3) is 0 Å². The van der Waals surface area contributed by atoms with E-state index in [9.17, 15) is 0 Å². The maximum atomic E-state index is 5.36. The number of hydrogen-bond acceptors (Lipinski definition) is 1. The van der Waals surface area contributed by atoms with Crippen molar-refractivity contribution in [1.82, 2.24) is 0 Å². The molecule has 1 aromatic carbocycles. The Hall–Kier alpha value is -0.0969. The predicted molar refractivity (Wildman–Crippen MR) is 51.4 cm³/mol. The molecule has 2 radical (unpaired) electrons.